The monoisotopic (exact) mass is 379 g/mol. The Balaban J connectivity index is 2.47. The van der Waals surface area contributed by atoms with Gasteiger partial charge in [0.2, 0.25) is 0 Å². The topological polar surface area (TPSA) is 56.8 Å². The summed E-state index contributed by atoms with van der Waals surface area (Å²) < 4.78 is 17.1. The third-order valence-electron chi connectivity index (χ3n) is 3.96. The number of nitrogens with one attached hydrogen (secondary N) is 1. The summed E-state index contributed by atoms with van der Waals surface area (Å²) >= 11 is 0. The minimum Gasteiger partial charge on any atom is -0.493 e. The number of carbonyl (C=O) groups excluding carboxylic acids is 1. The predicted molar refractivity (Wildman–Crippen MR) is 110 cm³/mol. The highest BCUT2D eigenvalue weighted by Gasteiger charge is 2.17. The third kappa shape index (κ3) is 10.7. The number of carbonyl (C=O) groups is 1. The van der Waals surface area contributed by atoms with Gasteiger partial charge in [-0.1, -0.05) is 32.8 Å². The minimum atomic E-state index is -0.507. The van der Waals surface area contributed by atoms with E-state index in [-0.39, 0.29) is 6.10 Å². The van der Waals surface area contributed by atoms with Crippen molar-refractivity contribution >= 4 is 6.09 Å². The van der Waals surface area contributed by atoms with Gasteiger partial charge in [-0.05, 0) is 58.6 Å². The highest BCUT2D eigenvalue weighted by Crippen LogP contribution is 2.22. The van der Waals surface area contributed by atoms with Crippen molar-refractivity contribution in [3.63, 3.8) is 0 Å². The molecule has 5 nitrogen and oxygen atoms in total. The Bertz CT molecular complexity index is 547. The van der Waals surface area contributed by atoms with Gasteiger partial charge in [0, 0.05) is 6.07 Å². The standard InChI is InChI=1S/C22H37NO4/c1-7-10-18(11-8-2)16-25-19-12-9-13-20(14-19)26-17(3)15-23-21(24)27-22(4,5)6/h9,12-14,17-18H,7-8,10-11,15-16H2,1-6H3,(H,23,24)/t17-/m1/s1. The van der Waals surface area contributed by atoms with Gasteiger partial charge in [-0.15, -0.1) is 0 Å². The predicted octanol–water partition coefficient (Wildman–Crippen LogP) is 5.57. The molecule has 1 rings (SSSR count). The molecule has 5 heteroatoms. The van der Waals surface area contributed by atoms with Gasteiger partial charge in [-0.25, -0.2) is 4.79 Å². The number of alkyl carbamates (subject to hydrolysis) is 1. The highest BCUT2D eigenvalue weighted by molar-refractivity contribution is 5.67. The number of amides is 1. The van der Waals surface area contributed by atoms with Crippen molar-refractivity contribution in [1.82, 2.24) is 5.32 Å². The highest BCUT2D eigenvalue weighted by atomic mass is 16.6. The molecule has 0 radical (unpaired) electrons. The lowest BCUT2D eigenvalue weighted by Gasteiger charge is -2.21. The van der Waals surface area contributed by atoms with Crippen molar-refractivity contribution in [2.24, 2.45) is 5.92 Å². The van der Waals surface area contributed by atoms with Gasteiger partial charge in [0.1, 0.15) is 23.2 Å². The maximum absolute atomic E-state index is 11.7. The van der Waals surface area contributed by atoms with Gasteiger partial charge in [0.05, 0.1) is 13.2 Å². The van der Waals surface area contributed by atoms with Gasteiger partial charge >= 0.3 is 6.09 Å². The molecule has 1 aromatic rings. The molecule has 0 aliphatic carbocycles. The Morgan fingerprint density at radius 3 is 2.33 bits per heavy atom. The number of ether oxygens (including phenoxy) is 3. The largest absolute Gasteiger partial charge is 0.493 e. The summed E-state index contributed by atoms with van der Waals surface area (Å²) in [6.07, 6.45) is 4.13. The van der Waals surface area contributed by atoms with Crippen LogP contribution in [0.1, 0.15) is 67.2 Å². The Morgan fingerprint density at radius 2 is 1.74 bits per heavy atom. The maximum Gasteiger partial charge on any atom is 0.407 e. The number of hydrogen-bond acceptors (Lipinski definition) is 4. The second-order valence-electron chi connectivity index (χ2n) is 8.04. The Morgan fingerprint density at radius 1 is 1.11 bits per heavy atom. The molecule has 0 saturated heterocycles. The fourth-order valence-electron chi connectivity index (χ4n) is 2.79. The van der Waals surface area contributed by atoms with Gasteiger partial charge in [0.25, 0.3) is 0 Å². The van der Waals surface area contributed by atoms with E-state index in [0.29, 0.717) is 12.5 Å². The van der Waals surface area contributed by atoms with Gasteiger partial charge in [-0.2, -0.15) is 0 Å². The molecule has 1 N–H and O–H groups in total. The summed E-state index contributed by atoms with van der Waals surface area (Å²) in [5.74, 6) is 2.15. The van der Waals surface area contributed by atoms with E-state index in [9.17, 15) is 4.79 Å². The molecule has 0 heterocycles. The lowest BCUT2D eigenvalue weighted by molar-refractivity contribution is 0.0505. The number of benzene rings is 1. The molecule has 0 aliphatic heterocycles. The van der Waals surface area contributed by atoms with Crippen LogP contribution in [0.5, 0.6) is 11.5 Å². The van der Waals surface area contributed by atoms with Crippen LogP contribution in [-0.2, 0) is 4.74 Å². The first-order valence-electron chi connectivity index (χ1n) is 10.1. The first kappa shape index (κ1) is 23.1. The van der Waals surface area contributed by atoms with E-state index in [1.54, 1.807) is 0 Å². The van der Waals surface area contributed by atoms with Crippen LogP contribution in [-0.4, -0.2) is 30.9 Å². The first-order valence-corrected chi connectivity index (χ1v) is 10.1. The van der Waals surface area contributed by atoms with Crippen LogP contribution in [0.3, 0.4) is 0 Å². The molecule has 0 unspecified atom stereocenters. The molecule has 1 aromatic carbocycles. The molecule has 154 valence electrons. The zero-order valence-corrected chi connectivity index (χ0v) is 17.8. The SMILES string of the molecule is CCCC(CCC)COc1cccc(O[C@H](C)CNC(=O)OC(C)(C)C)c1. The Hall–Kier alpha value is -1.91. The molecule has 0 spiro atoms. The summed E-state index contributed by atoms with van der Waals surface area (Å²) in [6.45, 7) is 12.9. The Labute approximate surface area is 164 Å². The van der Waals surface area contributed by atoms with Crippen molar-refractivity contribution in [1.29, 1.82) is 0 Å². The van der Waals surface area contributed by atoms with Crippen LogP contribution < -0.4 is 14.8 Å². The zero-order chi connectivity index (χ0) is 20.3. The fourth-order valence-corrected chi connectivity index (χ4v) is 2.79. The molecule has 0 saturated carbocycles. The molecule has 0 aromatic heterocycles. The summed E-state index contributed by atoms with van der Waals surface area (Å²) in [6, 6.07) is 7.67. The molecule has 1 atom stereocenters. The molecular weight excluding hydrogens is 342 g/mol. The van der Waals surface area contributed by atoms with E-state index in [2.05, 4.69) is 19.2 Å². The smallest absolute Gasteiger partial charge is 0.407 e. The van der Waals surface area contributed by atoms with Crippen molar-refractivity contribution in [3.05, 3.63) is 24.3 Å². The molecule has 0 bridgehead atoms. The summed E-state index contributed by atoms with van der Waals surface area (Å²) in [5, 5.41) is 2.72. The number of hydrogen-bond donors (Lipinski definition) is 1. The molecule has 1 amide bonds. The minimum absolute atomic E-state index is 0.180. The van der Waals surface area contributed by atoms with Crippen LogP contribution in [0.15, 0.2) is 24.3 Å². The normalized spacial score (nSPS) is 12.6. The average Bonchev–Trinajstić information content (AvgIpc) is 2.57. The lowest BCUT2D eigenvalue weighted by Crippen LogP contribution is -2.37. The molecule has 0 fully saturated rings. The van der Waals surface area contributed by atoms with Crippen LogP contribution >= 0.6 is 0 Å². The van der Waals surface area contributed by atoms with E-state index in [4.69, 9.17) is 14.2 Å². The first-order chi connectivity index (χ1) is 12.7. The van der Waals surface area contributed by atoms with Gasteiger partial charge in [0.15, 0.2) is 0 Å². The van der Waals surface area contributed by atoms with Crippen molar-refractivity contribution in [2.45, 2.75) is 78.9 Å². The van der Waals surface area contributed by atoms with Crippen molar-refractivity contribution < 1.29 is 19.0 Å². The second-order valence-corrected chi connectivity index (χ2v) is 8.04. The van der Waals surface area contributed by atoms with E-state index in [0.717, 1.165) is 18.1 Å². The molecule has 27 heavy (non-hydrogen) atoms. The quantitative estimate of drug-likeness (QED) is 0.546. The van der Waals surface area contributed by atoms with Crippen LogP contribution in [0.25, 0.3) is 0 Å². The van der Waals surface area contributed by atoms with Crippen molar-refractivity contribution in [2.75, 3.05) is 13.2 Å². The van der Waals surface area contributed by atoms with E-state index in [1.807, 2.05) is 52.0 Å². The van der Waals surface area contributed by atoms with Gasteiger partial charge in [-0.3, -0.25) is 0 Å². The van der Waals surface area contributed by atoms with Gasteiger partial charge < -0.3 is 19.5 Å². The zero-order valence-electron chi connectivity index (χ0n) is 17.8. The van der Waals surface area contributed by atoms with E-state index < -0.39 is 11.7 Å². The summed E-state index contributed by atoms with van der Waals surface area (Å²) in [7, 11) is 0. The van der Waals surface area contributed by atoms with Crippen LogP contribution in [0.2, 0.25) is 0 Å². The Kier molecular flexibility index (Phi) is 10.0. The summed E-state index contributed by atoms with van der Waals surface area (Å²) in [5.41, 5.74) is -0.507. The van der Waals surface area contributed by atoms with E-state index in [1.165, 1.54) is 25.7 Å². The fraction of sp³-hybridized carbons (Fsp3) is 0.682. The average molecular weight is 380 g/mol. The van der Waals surface area contributed by atoms with E-state index >= 15 is 0 Å². The maximum atomic E-state index is 11.7. The van der Waals surface area contributed by atoms with Crippen LogP contribution in [0.4, 0.5) is 4.79 Å². The molecule has 0 aliphatic rings. The second kappa shape index (κ2) is 11.7. The number of rotatable bonds is 11. The van der Waals surface area contributed by atoms with Crippen molar-refractivity contribution in [3.8, 4) is 11.5 Å². The third-order valence-corrected chi connectivity index (χ3v) is 3.96. The van der Waals surface area contributed by atoms with Crippen LogP contribution in [0, 0.1) is 5.92 Å². The molecular formula is C22H37NO4. The summed E-state index contributed by atoms with van der Waals surface area (Å²) in [4.78, 5) is 11.7. The lowest BCUT2D eigenvalue weighted by atomic mass is 9.99.